The van der Waals surface area contributed by atoms with E-state index < -0.39 is 0 Å². The molecule has 2 aromatic rings. The van der Waals surface area contributed by atoms with Gasteiger partial charge in [0, 0.05) is 36.1 Å². The molecule has 2 aromatic carbocycles. The average Bonchev–Trinajstić information content (AvgIpc) is 2.64. The smallest absolute Gasteiger partial charge is 0.194 e. The molecule has 0 amide bonds. The fraction of sp³-hybridized carbons (Fsp3) is 0.316. The van der Waals surface area contributed by atoms with Gasteiger partial charge in [0.15, 0.2) is 5.96 Å². The van der Waals surface area contributed by atoms with Crippen LogP contribution in [0, 0.1) is 0 Å². The maximum absolute atomic E-state index is 4.54. The highest BCUT2D eigenvalue weighted by Crippen LogP contribution is 2.25. The zero-order valence-corrected chi connectivity index (χ0v) is 16.2. The van der Waals surface area contributed by atoms with Crippen molar-refractivity contribution in [3.63, 3.8) is 0 Å². The van der Waals surface area contributed by atoms with E-state index in [4.69, 9.17) is 0 Å². The standard InChI is InChI=1S/C19H22BrN3S/c1-21-19(23-10-12-24-13-11-23)22-18(15-6-3-2-4-7-15)16-8-5-9-17(20)14-16/h2-9,14,18H,10-13H2,1H3,(H,21,22). The zero-order chi connectivity index (χ0) is 16.8. The zero-order valence-electron chi connectivity index (χ0n) is 13.8. The van der Waals surface area contributed by atoms with Gasteiger partial charge in [-0.1, -0.05) is 58.4 Å². The van der Waals surface area contributed by atoms with E-state index >= 15 is 0 Å². The second kappa shape index (κ2) is 8.58. The van der Waals surface area contributed by atoms with Crippen LogP contribution >= 0.6 is 27.7 Å². The van der Waals surface area contributed by atoms with E-state index in [1.165, 1.54) is 11.1 Å². The van der Waals surface area contributed by atoms with Gasteiger partial charge in [0.1, 0.15) is 0 Å². The van der Waals surface area contributed by atoms with Crippen LogP contribution in [-0.2, 0) is 0 Å². The molecule has 1 N–H and O–H groups in total. The van der Waals surface area contributed by atoms with E-state index in [1.54, 1.807) is 0 Å². The van der Waals surface area contributed by atoms with Crippen LogP contribution in [-0.4, -0.2) is 42.5 Å². The molecular formula is C19H22BrN3S. The van der Waals surface area contributed by atoms with Gasteiger partial charge < -0.3 is 10.2 Å². The number of nitrogens with zero attached hydrogens (tertiary/aromatic N) is 2. The molecule has 1 saturated heterocycles. The van der Waals surface area contributed by atoms with E-state index in [0.717, 1.165) is 35.0 Å². The Hall–Kier alpha value is -1.46. The molecule has 24 heavy (non-hydrogen) atoms. The summed E-state index contributed by atoms with van der Waals surface area (Å²) in [5.74, 6) is 3.30. The summed E-state index contributed by atoms with van der Waals surface area (Å²) in [7, 11) is 1.87. The summed E-state index contributed by atoms with van der Waals surface area (Å²) in [5.41, 5.74) is 2.46. The number of nitrogens with one attached hydrogen (secondary N) is 1. The summed E-state index contributed by atoms with van der Waals surface area (Å²) in [6, 6.07) is 19.1. The molecule has 0 saturated carbocycles. The molecule has 1 fully saturated rings. The van der Waals surface area contributed by atoms with Crippen LogP contribution in [0.15, 0.2) is 64.1 Å². The number of benzene rings is 2. The van der Waals surface area contributed by atoms with Gasteiger partial charge >= 0.3 is 0 Å². The molecule has 3 nitrogen and oxygen atoms in total. The predicted molar refractivity (Wildman–Crippen MR) is 108 cm³/mol. The molecule has 1 atom stereocenters. The van der Waals surface area contributed by atoms with Crippen LogP contribution < -0.4 is 5.32 Å². The molecule has 5 heteroatoms. The third kappa shape index (κ3) is 4.33. The SMILES string of the molecule is CN=C(NC(c1ccccc1)c1cccc(Br)c1)N1CCSCC1. The Bertz CT molecular complexity index is 684. The van der Waals surface area contributed by atoms with E-state index in [9.17, 15) is 0 Å². The van der Waals surface area contributed by atoms with Crippen LogP contribution in [0.2, 0.25) is 0 Å². The first-order chi connectivity index (χ1) is 11.8. The van der Waals surface area contributed by atoms with E-state index in [0.29, 0.717) is 0 Å². The van der Waals surface area contributed by atoms with Gasteiger partial charge in [-0.2, -0.15) is 11.8 Å². The van der Waals surface area contributed by atoms with Crippen molar-refractivity contribution >= 4 is 33.7 Å². The summed E-state index contributed by atoms with van der Waals surface area (Å²) in [6.07, 6.45) is 0. The van der Waals surface area contributed by atoms with Gasteiger partial charge in [-0.3, -0.25) is 4.99 Å². The maximum Gasteiger partial charge on any atom is 0.194 e. The number of thioether (sulfide) groups is 1. The largest absolute Gasteiger partial charge is 0.345 e. The minimum Gasteiger partial charge on any atom is -0.345 e. The summed E-state index contributed by atoms with van der Waals surface area (Å²) in [6.45, 7) is 2.09. The second-order valence-electron chi connectivity index (χ2n) is 5.69. The minimum atomic E-state index is 0.0805. The summed E-state index contributed by atoms with van der Waals surface area (Å²) < 4.78 is 1.09. The van der Waals surface area contributed by atoms with Crippen molar-refractivity contribution in [2.45, 2.75) is 6.04 Å². The van der Waals surface area contributed by atoms with Gasteiger partial charge in [0.2, 0.25) is 0 Å². The first-order valence-electron chi connectivity index (χ1n) is 8.14. The highest BCUT2D eigenvalue weighted by Gasteiger charge is 2.20. The number of hydrogen-bond donors (Lipinski definition) is 1. The third-order valence-corrected chi connectivity index (χ3v) is 5.55. The number of aliphatic imine (C=N–C) groups is 1. The van der Waals surface area contributed by atoms with Crippen molar-refractivity contribution in [3.8, 4) is 0 Å². The Kier molecular flexibility index (Phi) is 6.21. The van der Waals surface area contributed by atoms with Gasteiger partial charge in [0.05, 0.1) is 6.04 Å². The summed E-state index contributed by atoms with van der Waals surface area (Å²) in [4.78, 5) is 6.89. The van der Waals surface area contributed by atoms with Crippen LogP contribution in [0.1, 0.15) is 17.2 Å². The van der Waals surface area contributed by atoms with Gasteiger partial charge in [-0.15, -0.1) is 0 Å². The summed E-state index contributed by atoms with van der Waals surface area (Å²) >= 11 is 5.60. The maximum atomic E-state index is 4.54. The Morgan fingerprint density at radius 2 is 1.79 bits per heavy atom. The highest BCUT2D eigenvalue weighted by molar-refractivity contribution is 9.10. The van der Waals surface area contributed by atoms with Crippen molar-refractivity contribution in [3.05, 3.63) is 70.2 Å². The van der Waals surface area contributed by atoms with E-state index in [-0.39, 0.29) is 6.04 Å². The van der Waals surface area contributed by atoms with Gasteiger partial charge in [-0.05, 0) is 23.3 Å². The van der Waals surface area contributed by atoms with E-state index in [1.807, 2.05) is 18.8 Å². The monoisotopic (exact) mass is 403 g/mol. The molecule has 0 spiro atoms. The number of halogens is 1. The lowest BCUT2D eigenvalue weighted by Gasteiger charge is -2.32. The molecule has 0 aliphatic carbocycles. The van der Waals surface area contributed by atoms with Crippen LogP contribution in [0.5, 0.6) is 0 Å². The molecule has 3 rings (SSSR count). The first kappa shape index (κ1) is 17.4. The Labute approximate surface area is 156 Å². The van der Waals surface area contributed by atoms with Crippen molar-refractivity contribution < 1.29 is 0 Å². The Balaban J connectivity index is 1.89. The fourth-order valence-electron chi connectivity index (χ4n) is 2.89. The predicted octanol–water partition coefficient (Wildman–Crippen LogP) is 4.16. The van der Waals surface area contributed by atoms with Gasteiger partial charge in [-0.25, -0.2) is 0 Å². The molecule has 0 bridgehead atoms. The molecular weight excluding hydrogens is 382 g/mol. The second-order valence-corrected chi connectivity index (χ2v) is 7.83. The minimum absolute atomic E-state index is 0.0805. The van der Waals surface area contributed by atoms with Crippen molar-refractivity contribution in [1.29, 1.82) is 0 Å². The van der Waals surface area contributed by atoms with Crippen LogP contribution in [0.3, 0.4) is 0 Å². The fourth-order valence-corrected chi connectivity index (χ4v) is 4.21. The number of rotatable bonds is 3. The quantitative estimate of drug-likeness (QED) is 0.615. The summed E-state index contributed by atoms with van der Waals surface area (Å²) in [5, 5.41) is 3.68. The van der Waals surface area contributed by atoms with Crippen molar-refractivity contribution in [1.82, 2.24) is 10.2 Å². The van der Waals surface area contributed by atoms with Gasteiger partial charge in [0.25, 0.3) is 0 Å². The normalized spacial score (nSPS) is 16.8. The number of hydrogen-bond acceptors (Lipinski definition) is 2. The molecule has 1 aliphatic heterocycles. The number of guanidine groups is 1. The molecule has 1 unspecified atom stereocenters. The molecule has 1 heterocycles. The average molecular weight is 404 g/mol. The van der Waals surface area contributed by atoms with Crippen LogP contribution in [0.25, 0.3) is 0 Å². The topological polar surface area (TPSA) is 27.6 Å². The Morgan fingerprint density at radius 3 is 2.46 bits per heavy atom. The molecule has 0 aromatic heterocycles. The lowest BCUT2D eigenvalue weighted by atomic mass is 9.99. The lowest BCUT2D eigenvalue weighted by Crippen LogP contribution is -2.46. The van der Waals surface area contributed by atoms with Crippen molar-refractivity contribution in [2.75, 3.05) is 31.6 Å². The third-order valence-electron chi connectivity index (χ3n) is 4.11. The molecule has 126 valence electrons. The highest BCUT2D eigenvalue weighted by atomic mass is 79.9. The molecule has 0 radical (unpaired) electrons. The van der Waals surface area contributed by atoms with Crippen molar-refractivity contribution in [2.24, 2.45) is 4.99 Å². The Morgan fingerprint density at radius 1 is 1.08 bits per heavy atom. The van der Waals surface area contributed by atoms with Crippen LogP contribution in [0.4, 0.5) is 0 Å². The molecule has 1 aliphatic rings. The van der Waals surface area contributed by atoms with E-state index in [2.05, 4.69) is 85.7 Å². The first-order valence-corrected chi connectivity index (χ1v) is 10.1. The lowest BCUT2D eigenvalue weighted by molar-refractivity contribution is 0.437.